The number of aryl methyl sites for hydroxylation is 1. The van der Waals surface area contributed by atoms with Crippen molar-refractivity contribution in [3.63, 3.8) is 0 Å². The maximum absolute atomic E-state index is 9.84. The van der Waals surface area contributed by atoms with E-state index in [4.69, 9.17) is 11.6 Å². The van der Waals surface area contributed by atoms with Crippen molar-refractivity contribution >= 4 is 17.4 Å². The third kappa shape index (κ3) is 2.06. The molecule has 5 heteroatoms. The van der Waals surface area contributed by atoms with Gasteiger partial charge in [0.2, 0.25) is 0 Å². The largest absolute Gasteiger partial charge is 0.388 e. The van der Waals surface area contributed by atoms with Crippen LogP contribution in [0, 0.1) is 6.92 Å². The highest BCUT2D eigenvalue weighted by molar-refractivity contribution is 6.29. The first-order valence-corrected chi connectivity index (χ1v) is 5.35. The lowest BCUT2D eigenvalue weighted by Gasteiger charge is -2.43. The first-order chi connectivity index (χ1) is 6.99. The van der Waals surface area contributed by atoms with Gasteiger partial charge in [-0.05, 0) is 38.3 Å². The minimum absolute atomic E-state index is 0.0617. The first kappa shape index (κ1) is 10.6. The molecule has 4 nitrogen and oxygen atoms in total. The molecule has 0 saturated heterocycles. The van der Waals surface area contributed by atoms with Gasteiger partial charge in [-0.3, -0.25) is 0 Å². The molecule has 1 saturated carbocycles. The van der Waals surface area contributed by atoms with Crippen molar-refractivity contribution in [1.29, 1.82) is 0 Å². The molecular formula is C10H14ClN3O. The van der Waals surface area contributed by atoms with Crippen LogP contribution in [0.25, 0.3) is 0 Å². The number of rotatable bonds is 2. The molecule has 0 bridgehead atoms. The third-order valence-corrected chi connectivity index (χ3v) is 3.14. The Hall–Kier alpha value is -0.870. The van der Waals surface area contributed by atoms with Crippen molar-refractivity contribution in [1.82, 2.24) is 10.2 Å². The Kier molecular flexibility index (Phi) is 2.56. The summed E-state index contributed by atoms with van der Waals surface area (Å²) in [7, 11) is 0. The summed E-state index contributed by atoms with van der Waals surface area (Å²) in [4.78, 5) is 0. The Morgan fingerprint density at radius 2 is 2.33 bits per heavy atom. The number of aromatic nitrogens is 2. The Labute approximate surface area is 93.7 Å². The normalized spacial score (nSPS) is 29.7. The van der Waals surface area contributed by atoms with Crippen LogP contribution < -0.4 is 5.32 Å². The fraction of sp³-hybridized carbons (Fsp3) is 0.600. The minimum Gasteiger partial charge on any atom is -0.388 e. The Morgan fingerprint density at radius 1 is 1.60 bits per heavy atom. The van der Waals surface area contributed by atoms with Gasteiger partial charge in [0.15, 0.2) is 11.0 Å². The van der Waals surface area contributed by atoms with Gasteiger partial charge in [-0.25, -0.2) is 0 Å². The summed E-state index contributed by atoms with van der Waals surface area (Å²) in [6, 6.07) is 1.82. The Balaban J connectivity index is 2.11. The number of nitrogens with zero attached hydrogens (tertiary/aromatic N) is 2. The standard InChI is InChI=1S/C10H14ClN3O/c1-6-5-8(11)13-14-9(6)12-7-3-4-10(7,2)15/h5,7,15H,3-4H2,1-2H3,(H,12,14). The predicted molar refractivity (Wildman–Crippen MR) is 59.0 cm³/mol. The minimum atomic E-state index is -0.631. The summed E-state index contributed by atoms with van der Waals surface area (Å²) in [6.07, 6.45) is 1.78. The molecule has 0 aliphatic heterocycles. The summed E-state index contributed by atoms with van der Waals surface area (Å²) in [5.41, 5.74) is 0.311. The van der Waals surface area contributed by atoms with Crippen molar-refractivity contribution in [2.24, 2.45) is 0 Å². The van der Waals surface area contributed by atoms with Gasteiger partial charge in [0.05, 0.1) is 11.6 Å². The van der Waals surface area contributed by atoms with E-state index in [1.165, 1.54) is 0 Å². The van der Waals surface area contributed by atoms with E-state index in [9.17, 15) is 5.11 Å². The van der Waals surface area contributed by atoms with Crippen molar-refractivity contribution in [2.75, 3.05) is 5.32 Å². The Bertz CT molecular complexity index is 381. The van der Waals surface area contributed by atoms with Crippen LogP contribution in [0.3, 0.4) is 0 Å². The van der Waals surface area contributed by atoms with Crippen LogP contribution in [0.5, 0.6) is 0 Å². The molecule has 2 atom stereocenters. The summed E-state index contributed by atoms with van der Waals surface area (Å²) in [5.74, 6) is 0.698. The van der Waals surface area contributed by atoms with Crippen LogP contribution in [0.4, 0.5) is 5.82 Å². The highest BCUT2D eigenvalue weighted by Crippen LogP contribution is 2.34. The molecular weight excluding hydrogens is 214 g/mol. The lowest BCUT2D eigenvalue weighted by atomic mass is 9.76. The molecule has 0 radical (unpaired) electrons. The molecule has 0 spiro atoms. The topological polar surface area (TPSA) is 58.0 Å². The van der Waals surface area contributed by atoms with Crippen LogP contribution in [0.15, 0.2) is 6.07 Å². The van der Waals surface area contributed by atoms with E-state index < -0.39 is 5.60 Å². The van der Waals surface area contributed by atoms with E-state index >= 15 is 0 Å². The van der Waals surface area contributed by atoms with E-state index in [1.807, 2.05) is 13.8 Å². The van der Waals surface area contributed by atoms with Crippen molar-refractivity contribution in [2.45, 2.75) is 38.3 Å². The molecule has 15 heavy (non-hydrogen) atoms. The lowest BCUT2D eigenvalue weighted by Crippen LogP contribution is -2.53. The summed E-state index contributed by atoms with van der Waals surface area (Å²) >= 11 is 5.71. The number of nitrogens with one attached hydrogen (secondary N) is 1. The van der Waals surface area contributed by atoms with Gasteiger partial charge in [-0.2, -0.15) is 0 Å². The number of anilines is 1. The van der Waals surface area contributed by atoms with E-state index in [1.54, 1.807) is 6.07 Å². The molecule has 82 valence electrons. The smallest absolute Gasteiger partial charge is 0.152 e. The monoisotopic (exact) mass is 227 g/mol. The Morgan fingerprint density at radius 3 is 2.80 bits per heavy atom. The zero-order valence-corrected chi connectivity index (χ0v) is 9.54. The van der Waals surface area contributed by atoms with Crippen LogP contribution >= 0.6 is 11.6 Å². The molecule has 2 N–H and O–H groups in total. The molecule has 1 heterocycles. The van der Waals surface area contributed by atoms with Gasteiger partial charge >= 0.3 is 0 Å². The number of hydrogen-bond donors (Lipinski definition) is 2. The SMILES string of the molecule is Cc1cc(Cl)nnc1NC1CCC1(C)O. The van der Waals surface area contributed by atoms with E-state index in [-0.39, 0.29) is 6.04 Å². The first-order valence-electron chi connectivity index (χ1n) is 4.98. The van der Waals surface area contributed by atoms with E-state index in [2.05, 4.69) is 15.5 Å². The van der Waals surface area contributed by atoms with Gasteiger partial charge in [-0.15, -0.1) is 10.2 Å². The molecule has 1 aromatic heterocycles. The molecule has 2 unspecified atom stereocenters. The van der Waals surface area contributed by atoms with Crippen molar-refractivity contribution in [3.8, 4) is 0 Å². The number of hydrogen-bond acceptors (Lipinski definition) is 4. The second-order valence-corrected chi connectivity index (χ2v) is 4.68. The molecule has 2 rings (SSSR count). The van der Waals surface area contributed by atoms with Crippen LogP contribution in [-0.2, 0) is 0 Å². The molecule has 1 aliphatic rings. The molecule has 1 fully saturated rings. The van der Waals surface area contributed by atoms with Crippen molar-refractivity contribution < 1.29 is 5.11 Å². The fourth-order valence-electron chi connectivity index (χ4n) is 1.69. The predicted octanol–water partition coefficient (Wildman–Crippen LogP) is 1.76. The average Bonchev–Trinajstić information content (AvgIpc) is 2.15. The summed E-state index contributed by atoms with van der Waals surface area (Å²) in [5, 5.41) is 21.1. The third-order valence-electron chi connectivity index (χ3n) is 2.96. The maximum Gasteiger partial charge on any atom is 0.152 e. The summed E-state index contributed by atoms with van der Waals surface area (Å²) < 4.78 is 0. The molecule has 1 aliphatic carbocycles. The van der Waals surface area contributed by atoms with Crippen LogP contribution in [-0.4, -0.2) is 26.9 Å². The van der Waals surface area contributed by atoms with Gasteiger partial charge in [-0.1, -0.05) is 11.6 Å². The van der Waals surface area contributed by atoms with Gasteiger partial charge in [0.1, 0.15) is 0 Å². The van der Waals surface area contributed by atoms with Crippen molar-refractivity contribution in [3.05, 3.63) is 16.8 Å². The second kappa shape index (κ2) is 3.61. The van der Waals surface area contributed by atoms with E-state index in [0.29, 0.717) is 11.0 Å². The van der Waals surface area contributed by atoms with Gasteiger partial charge in [0, 0.05) is 0 Å². The number of halogens is 1. The lowest BCUT2D eigenvalue weighted by molar-refractivity contribution is -0.0287. The molecule has 1 aromatic rings. The van der Waals surface area contributed by atoms with E-state index in [0.717, 1.165) is 18.4 Å². The maximum atomic E-state index is 9.84. The van der Waals surface area contributed by atoms with Gasteiger partial charge < -0.3 is 10.4 Å². The highest BCUT2D eigenvalue weighted by Gasteiger charge is 2.41. The molecule has 0 aromatic carbocycles. The number of aliphatic hydroxyl groups is 1. The zero-order chi connectivity index (χ0) is 11.1. The summed E-state index contributed by atoms with van der Waals surface area (Å²) in [6.45, 7) is 3.74. The van der Waals surface area contributed by atoms with Crippen LogP contribution in [0.2, 0.25) is 5.15 Å². The zero-order valence-electron chi connectivity index (χ0n) is 8.79. The highest BCUT2D eigenvalue weighted by atomic mass is 35.5. The average molecular weight is 228 g/mol. The van der Waals surface area contributed by atoms with Gasteiger partial charge in [0.25, 0.3) is 0 Å². The second-order valence-electron chi connectivity index (χ2n) is 4.29. The quantitative estimate of drug-likeness (QED) is 0.809. The fourth-order valence-corrected chi connectivity index (χ4v) is 1.90. The van der Waals surface area contributed by atoms with Crippen LogP contribution in [0.1, 0.15) is 25.3 Å². The molecule has 0 amide bonds.